The van der Waals surface area contributed by atoms with Crippen molar-refractivity contribution in [1.82, 2.24) is 0 Å². The molecule has 0 N–H and O–H groups in total. The molecule has 120 valence electrons. The summed E-state index contributed by atoms with van der Waals surface area (Å²) in [5, 5.41) is 0.396. The Kier molecular flexibility index (Phi) is 5.82. The highest BCUT2D eigenvalue weighted by Crippen LogP contribution is 2.25. The summed E-state index contributed by atoms with van der Waals surface area (Å²) in [6.07, 6.45) is 8.23. The molecule has 23 heavy (non-hydrogen) atoms. The predicted molar refractivity (Wildman–Crippen MR) is 99.8 cm³/mol. The van der Waals surface area contributed by atoms with Crippen molar-refractivity contribution in [1.29, 1.82) is 0 Å². The summed E-state index contributed by atoms with van der Waals surface area (Å²) in [5.74, 6) is 0.657. The summed E-state index contributed by atoms with van der Waals surface area (Å²) < 4.78 is 12.6. The molecule has 0 heterocycles. The van der Waals surface area contributed by atoms with Crippen LogP contribution >= 0.6 is 0 Å². The molecule has 2 aromatic rings. The Hall–Kier alpha value is -1.67. The summed E-state index contributed by atoms with van der Waals surface area (Å²) in [4.78, 5) is 0. The van der Waals surface area contributed by atoms with Gasteiger partial charge in [-0.15, -0.1) is 0 Å². The van der Waals surface area contributed by atoms with Gasteiger partial charge >= 0.3 is 0 Å². The minimum atomic E-state index is -0.751. The third-order valence-corrected chi connectivity index (χ3v) is 6.26. The van der Waals surface area contributed by atoms with Gasteiger partial charge in [-0.25, -0.2) is 0 Å². The lowest BCUT2D eigenvalue weighted by atomic mass is 9.98. The quantitative estimate of drug-likeness (QED) is 0.739. The second-order valence-electron chi connectivity index (χ2n) is 6.16. The zero-order valence-electron chi connectivity index (χ0n) is 13.5. The van der Waals surface area contributed by atoms with Gasteiger partial charge in [-0.3, -0.25) is 4.21 Å². The molecule has 0 bridgehead atoms. The molecule has 1 nitrogen and oxygen atoms in total. The van der Waals surface area contributed by atoms with Gasteiger partial charge in [0.15, 0.2) is 0 Å². The van der Waals surface area contributed by atoms with E-state index in [-0.39, 0.29) is 0 Å². The molecule has 1 fully saturated rings. The maximum Gasteiger partial charge on any atom is 0.0427 e. The lowest BCUT2D eigenvalue weighted by Crippen LogP contribution is -2.20. The summed E-state index contributed by atoms with van der Waals surface area (Å²) in [6.45, 7) is 0. The first-order valence-electron chi connectivity index (χ1n) is 8.53. The van der Waals surface area contributed by atoms with Crippen LogP contribution in [0.3, 0.4) is 0 Å². The fraction of sp³-hybridized carbons (Fsp3) is 0.333. The fourth-order valence-corrected chi connectivity index (χ4v) is 4.73. The SMILES string of the molecule is O=[S@@](CC=C(c1ccccc1)c1ccccc1)C1CCCCC1. The second-order valence-corrected chi connectivity index (χ2v) is 7.92. The molecular formula is C21H24OS. The summed E-state index contributed by atoms with van der Waals surface area (Å²) in [5.41, 5.74) is 3.58. The topological polar surface area (TPSA) is 17.1 Å². The lowest BCUT2D eigenvalue weighted by Gasteiger charge is -2.20. The molecule has 1 saturated carbocycles. The van der Waals surface area contributed by atoms with E-state index in [2.05, 4.69) is 54.6 Å². The Morgan fingerprint density at radius 2 is 1.39 bits per heavy atom. The van der Waals surface area contributed by atoms with Crippen LogP contribution in [-0.4, -0.2) is 15.2 Å². The highest BCUT2D eigenvalue weighted by molar-refractivity contribution is 7.85. The molecule has 0 aliphatic heterocycles. The van der Waals surface area contributed by atoms with E-state index in [4.69, 9.17) is 0 Å². The Labute approximate surface area is 141 Å². The van der Waals surface area contributed by atoms with E-state index < -0.39 is 10.8 Å². The minimum Gasteiger partial charge on any atom is -0.259 e. The first-order chi connectivity index (χ1) is 11.3. The van der Waals surface area contributed by atoms with Gasteiger partial charge in [-0.2, -0.15) is 0 Å². The van der Waals surface area contributed by atoms with Gasteiger partial charge in [0.05, 0.1) is 0 Å². The van der Waals surface area contributed by atoms with E-state index in [9.17, 15) is 4.21 Å². The zero-order valence-corrected chi connectivity index (χ0v) is 14.3. The van der Waals surface area contributed by atoms with Gasteiger partial charge < -0.3 is 0 Å². The van der Waals surface area contributed by atoms with Gasteiger partial charge in [-0.1, -0.05) is 86.0 Å². The minimum absolute atomic E-state index is 0.396. The van der Waals surface area contributed by atoms with Crippen LogP contribution in [-0.2, 0) is 10.8 Å². The van der Waals surface area contributed by atoms with Crippen LogP contribution in [0.4, 0.5) is 0 Å². The molecule has 1 aliphatic carbocycles. The van der Waals surface area contributed by atoms with Crippen LogP contribution in [0.15, 0.2) is 66.7 Å². The molecule has 0 amide bonds. The van der Waals surface area contributed by atoms with Crippen LogP contribution < -0.4 is 0 Å². The molecule has 1 atom stereocenters. The fourth-order valence-electron chi connectivity index (χ4n) is 3.27. The molecule has 2 heteroatoms. The lowest BCUT2D eigenvalue weighted by molar-refractivity contribution is 0.505. The first-order valence-corrected chi connectivity index (χ1v) is 9.91. The zero-order chi connectivity index (χ0) is 15.9. The van der Waals surface area contributed by atoms with Crippen LogP contribution in [0.2, 0.25) is 0 Å². The van der Waals surface area contributed by atoms with Gasteiger partial charge in [0, 0.05) is 21.8 Å². The molecule has 0 aromatic heterocycles. The predicted octanol–water partition coefficient (Wildman–Crippen LogP) is 5.20. The van der Waals surface area contributed by atoms with Crippen molar-refractivity contribution in [3.63, 3.8) is 0 Å². The maximum absolute atomic E-state index is 12.6. The molecule has 1 aliphatic rings. The highest BCUT2D eigenvalue weighted by Gasteiger charge is 2.19. The Morgan fingerprint density at radius 1 is 0.870 bits per heavy atom. The van der Waals surface area contributed by atoms with Crippen LogP contribution in [0.1, 0.15) is 43.2 Å². The Morgan fingerprint density at radius 3 is 1.91 bits per heavy atom. The molecule has 0 saturated heterocycles. The van der Waals surface area contributed by atoms with Gasteiger partial charge in [-0.05, 0) is 29.5 Å². The summed E-state index contributed by atoms with van der Waals surface area (Å²) in [6, 6.07) is 20.8. The van der Waals surface area contributed by atoms with Crippen LogP contribution in [0.5, 0.6) is 0 Å². The van der Waals surface area contributed by atoms with Crippen molar-refractivity contribution in [3.8, 4) is 0 Å². The van der Waals surface area contributed by atoms with E-state index >= 15 is 0 Å². The van der Waals surface area contributed by atoms with Gasteiger partial charge in [0.1, 0.15) is 0 Å². The van der Waals surface area contributed by atoms with E-state index in [1.807, 2.05) is 12.1 Å². The van der Waals surface area contributed by atoms with Crippen LogP contribution in [0, 0.1) is 0 Å². The van der Waals surface area contributed by atoms with Crippen molar-refractivity contribution >= 4 is 16.4 Å². The third kappa shape index (κ3) is 4.42. The number of hydrogen-bond donors (Lipinski definition) is 0. The van der Waals surface area contributed by atoms with Gasteiger partial charge in [0.25, 0.3) is 0 Å². The number of hydrogen-bond acceptors (Lipinski definition) is 1. The van der Waals surface area contributed by atoms with Crippen molar-refractivity contribution in [2.24, 2.45) is 0 Å². The molecular weight excluding hydrogens is 300 g/mol. The van der Waals surface area contributed by atoms with E-state index in [1.165, 1.54) is 36.0 Å². The summed E-state index contributed by atoms with van der Waals surface area (Å²) in [7, 11) is -0.751. The second kappa shape index (κ2) is 8.26. The van der Waals surface area contributed by atoms with Crippen LogP contribution in [0.25, 0.3) is 5.57 Å². The summed E-state index contributed by atoms with van der Waals surface area (Å²) >= 11 is 0. The van der Waals surface area contributed by atoms with E-state index in [0.29, 0.717) is 11.0 Å². The maximum atomic E-state index is 12.6. The average molecular weight is 324 g/mol. The van der Waals surface area contributed by atoms with Crippen molar-refractivity contribution in [2.45, 2.75) is 37.4 Å². The molecule has 0 radical (unpaired) electrons. The highest BCUT2D eigenvalue weighted by atomic mass is 32.2. The Balaban J connectivity index is 1.82. The monoisotopic (exact) mass is 324 g/mol. The van der Waals surface area contributed by atoms with E-state index in [0.717, 1.165) is 12.8 Å². The van der Waals surface area contributed by atoms with Crippen molar-refractivity contribution in [2.75, 3.05) is 5.75 Å². The van der Waals surface area contributed by atoms with Gasteiger partial charge in [0.2, 0.25) is 0 Å². The standard InChI is InChI=1S/C21H24OS/c22-23(20-14-8-3-9-15-20)17-16-21(18-10-4-1-5-11-18)19-12-6-2-7-13-19/h1-2,4-7,10-13,16,20H,3,8-9,14-15,17H2/t23-/m0/s1. The van der Waals surface area contributed by atoms with E-state index in [1.54, 1.807) is 0 Å². The first kappa shape index (κ1) is 16.2. The molecule has 2 aromatic carbocycles. The number of benzene rings is 2. The largest absolute Gasteiger partial charge is 0.259 e. The normalized spacial score (nSPS) is 16.7. The molecule has 3 rings (SSSR count). The third-order valence-electron chi connectivity index (χ3n) is 4.55. The molecule has 0 spiro atoms. The smallest absolute Gasteiger partial charge is 0.0427 e. The Bertz CT molecular complexity index is 613. The van der Waals surface area contributed by atoms with Crippen molar-refractivity contribution in [3.05, 3.63) is 77.9 Å². The van der Waals surface area contributed by atoms with Crippen molar-refractivity contribution < 1.29 is 4.21 Å². The average Bonchev–Trinajstić information content (AvgIpc) is 2.64. The molecule has 0 unspecified atom stereocenters. The number of rotatable bonds is 5.